The van der Waals surface area contributed by atoms with Gasteiger partial charge in [0.25, 0.3) is 5.56 Å². The van der Waals surface area contributed by atoms with Crippen molar-refractivity contribution in [3.05, 3.63) is 133 Å². The van der Waals surface area contributed by atoms with Gasteiger partial charge in [0.1, 0.15) is 18.1 Å². The lowest BCUT2D eigenvalue weighted by Crippen LogP contribution is -2.39. The smallest absolute Gasteiger partial charge is 0.271 e. The summed E-state index contributed by atoms with van der Waals surface area (Å²) in [6.45, 7) is 3.71. The minimum absolute atomic E-state index is 0.0956. The topological polar surface area (TPSA) is 108 Å². The third kappa shape index (κ3) is 5.06. The molecule has 10 heteroatoms. The summed E-state index contributed by atoms with van der Waals surface area (Å²) in [7, 11) is 1.59. The van der Waals surface area contributed by atoms with Crippen molar-refractivity contribution in [1.82, 2.24) is 14.5 Å². The molecule has 7 rings (SSSR count). The number of furan rings is 1. The summed E-state index contributed by atoms with van der Waals surface area (Å²) in [4.78, 5) is 45.6. The molecule has 3 aromatic carbocycles. The first-order valence-electron chi connectivity index (χ1n) is 14.8. The highest BCUT2D eigenvalue weighted by Gasteiger charge is 2.34. The Kier molecular flexibility index (Phi) is 7.50. The van der Waals surface area contributed by atoms with Crippen LogP contribution < -0.4 is 24.9 Å². The maximum atomic E-state index is 14.4. The van der Waals surface area contributed by atoms with Gasteiger partial charge in [-0.2, -0.15) is 0 Å². The van der Waals surface area contributed by atoms with Gasteiger partial charge in [-0.1, -0.05) is 59.9 Å². The van der Waals surface area contributed by atoms with Gasteiger partial charge in [0.15, 0.2) is 10.6 Å². The van der Waals surface area contributed by atoms with Gasteiger partial charge in [-0.3, -0.25) is 19.0 Å². The number of hydrogen-bond donors (Lipinski definition) is 1. The van der Waals surface area contributed by atoms with E-state index in [1.54, 1.807) is 30.1 Å². The van der Waals surface area contributed by atoms with Crippen LogP contribution in [-0.4, -0.2) is 27.9 Å². The standard InChI is InChI=1S/C36H30N4O5S/c1-21-32(22(2)41)34(33-27-12-5-4-9-23(27)14-15-29(33)44-3)40-35(43)30(46-36(40)38-21)17-24-19-39(28-13-7-6-11-26(24)28)20-31(42)37-18-25-10-8-16-45-25/h4-17,19,34H,18,20H2,1-3H3,(H,37,42)/t34-/m1/s1. The quantitative estimate of drug-likeness (QED) is 0.259. The van der Waals surface area contributed by atoms with E-state index in [1.807, 2.05) is 84.4 Å². The van der Waals surface area contributed by atoms with E-state index in [0.29, 0.717) is 38.7 Å². The van der Waals surface area contributed by atoms with Crippen LogP contribution in [0, 0.1) is 0 Å². The van der Waals surface area contributed by atoms with Crippen molar-refractivity contribution in [3.8, 4) is 5.75 Å². The number of Topliss-reactive ketones (excluding diaryl/α,β-unsaturated/α-hetero) is 1. The predicted octanol–water partition coefficient (Wildman–Crippen LogP) is 4.85. The maximum Gasteiger partial charge on any atom is 0.271 e. The second kappa shape index (κ2) is 11.8. The minimum Gasteiger partial charge on any atom is -0.496 e. The van der Waals surface area contributed by atoms with Crippen LogP contribution in [0.15, 0.2) is 111 Å². The third-order valence-electron chi connectivity index (χ3n) is 8.28. The number of carbonyl (C=O) groups excluding carboxylic acids is 2. The molecule has 0 saturated carbocycles. The molecule has 3 aromatic heterocycles. The number of ether oxygens (including phenoxy) is 1. The SMILES string of the molecule is COc1ccc2ccccc2c1[C@H]1C(C(C)=O)=C(C)N=c2sc(=Cc3cn(CC(=O)NCc4ccco4)c4ccccc34)c(=O)n21. The highest BCUT2D eigenvalue weighted by molar-refractivity contribution is 7.07. The summed E-state index contributed by atoms with van der Waals surface area (Å²) in [5, 5.41) is 5.66. The van der Waals surface area contributed by atoms with Gasteiger partial charge in [-0.15, -0.1) is 0 Å². The maximum absolute atomic E-state index is 14.4. The lowest BCUT2D eigenvalue weighted by molar-refractivity contribution is -0.121. The zero-order chi connectivity index (χ0) is 31.9. The number of benzene rings is 3. The Morgan fingerprint density at radius 2 is 1.83 bits per heavy atom. The first kappa shape index (κ1) is 29.2. The van der Waals surface area contributed by atoms with Crippen LogP contribution in [-0.2, 0) is 22.7 Å². The van der Waals surface area contributed by atoms with Crippen molar-refractivity contribution < 1.29 is 18.7 Å². The fraction of sp³-hybridized carbons (Fsp3) is 0.167. The molecule has 0 saturated heterocycles. The molecule has 230 valence electrons. The van der Waals surface area contributed by atoms with Crippen LogP contribution in [0.3, 0.4) is 0 Å². The number of rotatable bonds is 8. The van der Waals surface area contributed by atoms with Gasteiger partial charge in [-0.05, 0) is 55.0 Å². The molecule has 1 atom stereocenters. The Hall–Kier alpha value is -5.48. The lowest BCUT2D eigenvalue weighted by atomic mass is 9.89. The number of thiazole rings is 1. The van der Waals surface area contributed by atoms with E-state index in [1.165, 1.54) is 18.3 Å². The number of para-hydroxylation sites is 1. The molecule has 1 amide bonds. The van der Waals surface area contributed by atoms with Crippen molar-refractivity contribution >= 4 is 50.8 Å². The summed E-state index contributed by atoms with van der Waals surface area (Å²) in [6.07, 6.45) is 5.29. The Labute approximate surface area is 267 Å². The van der Waals surface area contributed by atoms with Gasteiger partial charge >= 0.3 is 0 Å². The van der Waals surface area contributed by atoms with Gasteiger partial charge in [-0.25, -0.2) is 4.99 Å². The summed E-state index contributed by atoms with van der Waals surface area (Å²) < 4.78 is 15.1. The molecule has 1 N–H and O–H groups in total. The van der Waals surface area contributed by atoms with E-state index in [9.17, 15) is 14.4 Å². The molecule has 6 aromatic rings. The first-order chi connectivity index (χ1) is 22.3. The fourth-order valence-corrected chi connectivity index (χ4v) is 7.29. The van der Waals surface area contributed by atoms with E-state index in [2.05, 4.69) is 5.32 Å². The number of hydrogen-bond acceptors (Lipinski definition) is 7. The monoisotopic (exact) mass is 630 g/mol. The molecule has 9 nitrogen and oxygen atoms in total. The molecule has 1 aliphatic heterocycles. The predicted molar refractivity (Wildman–Crippen MR) is 177 cm³/mol. The molecule has 0 fully saturated rings. The van der Waals surface area contributed by atoms with E-state index in [0.717, 1.165) is 32.8 Å². The molecule has 0 bridgehead atoms. The normalized spacial score (nSPS) is 14.8. The summed E-state index contributed by atoms with van der Waals surface area (Å²) in [5.74, 6) is 0.924. The molecule has 46 heavy (non-hydrogen) atoms. The number of nitrogens with one attached hydrogen (secondary N) is 1. The molecular weight excluding hydrogens is 600 g/mol. The van der Waals surface area contributed by atoms with E-state index < -0.39 is 6.04 Å². The van der Waals surface area contributed by atoms with Crippen molar-refractivity contribution in [2.75, 3.05) is 7.11 Å². The van der Waals surface area contributed by atoms with Crippen LogP contribution in [0.4, 0.5) is 0 Å². The zero-order valence-electron chi connectivity index (χ0n) is 25.4. The second-order valence-electron chi connectivity index (χ2n) is 11.1. The number of fused-ring (bicyclic) bond motifs is 3. The highest BCUT2D eigenvalue weighted by atomic mass is 32.1. The van der Waals surface area contributed by atoms with Gasteiger partial charge in [0, 0.05) is 39.5 Å². The largest absolute Gasteiger partial charge is 0.496 e. The van der Waals surface area contributed by atoms with Crippen LogP contribution in [0.2, 0.25) is 0 Å². The average molecular weight is 631 g/mol. The van der Waals surface area contributed by atoms with Crippen molar-refractivity contribution in [2.45, 2.75) is 33.0 Å². The molecule has 4 heterocycles. The lowest BCUT2D eigenvalue weighted by Gasteiger charge is -2.27. The Morgan fingerprint density at radius 3 is 2.59 bits per heavy atom. The molecule has 0 spiro atoms. The highest BCUT2D eigenvalue weighted by Crippen LogP contribution is 2.40. The van der Waals surface area contributed by atoms with Crippen molar-refractivity contribution in [1.29, 1.82) is 0 Å². The van der Waals surface area contributed by atoms with Crippen molar-refractivity contribution in [2.24, 2.45) is 4.99 Å². The van der Waals surface area contributed by atoms with Crippen LogP contribution in [0.1, 0.15) is 36.8 Å². The summed E-state index contributed by atoms with van der Waals surface area (Å²) >= 11 is 1.27. The van der Waals surface area contributed by atoms with Crippen LogP contribution in [0.25, 0.3) is 27.8 Å². The third-order valence-corrected chi connectivity index (χ3v) is 9.27. The van der Waals surface area contributed by atoms with Gasteiger partial charge < -0.3 is 19.0 Å². The minimum atomic E-state index is -0.726. The van der Waals surface area contributed by atoms with Crippen LogP contribution >= 0.6 is 11.3 Å². The van der Waals surface area contributed by atoms with E-state index in [-0.39, 0.29) is 23.8 Å². The molecule has 0 unspecified atom stereocenters. The zero-order valence-corrected chi connectivity index (χ0v) is 26.3. The van der Waals surface area contributed by atoms with Gasteiger partial charge in [0.2, 0.25) is 5.91 Å². The Bertz CT molecular complexity index is 2380. The van der Waals surface area contributed by atoms with Gasteiger partial charge in [0.05, 0.1) is 30.5 Å². The molecule has 0 aliphatic carbocycles. The summed E-state index contributed by atoms with van der Waals surface area (Å²) in [6, 6.07) is 22.3. The average Bonchev–Trinajstić information content (AvgIpc) is 3.77. The molecule has 1 aliphatic rings. The summed E-state index contributed by atoms with van der Waals surface area (Å²) in [5.41, 5.74) is 3.15. The number of nitrogens with zero attached hydrogens (tertiary/aromatic N) is 3. The Balaban J connectivity index is 1.36. The number of ketones is 1. The molecule has 0 radical (unpaired) electrons. The number of carbonyl (C=O) groups is 2. The van der Waals surface area contributed by atoms with E-state index in [4.69, 9.17) is 14.1 Å². The number of aromatic nitrogens is 2. The number of methoxy groups -OCH3 is 1. The Morgan fingerprint density at radius 1 is 1.04 bits per heavy atom. The van der Waals surface area contributed by atoms with Crippen molar-refractivity contribution in [3.63, 3.8) is 0 Å². The second-order valence-corrected chi connectivity index (χ2v) is 12.1. The van der Waals surface area contributed by atoms with E-state index >= 15 is 0 Å². The number of allylic oxidation sites excluding steroid dienone is 2. The first-order valence-corrected chi connectivity index (χ1v) is 15.6. The number of amides is 1. The fourth-order valence-electron chi connectivity index (χ4n) is 6.25. The van der Waals surface area contributed by atoms with Crippen LogP contribution in [0.5, 0.6) is 5.75 Å². The molecular formula is C36H30N4O5S.